The molecule has 2 unspecified atom stereocenters. The highest BCUT2D eigenvalue weighted by molar-refractivity contribution is 7.80. The van der Waals surface area contributed by atoms with Crippen molar-refractivity contribution in [3.63, 3.8) is 0 Å². The van der Waals surface area contributed by atoms with Crippen molar-refractivity contribution in [3.05, 3.63) is 58.6 Å². The molecule has 0 amide bonds. The van der Waals surface area contributed by atoms with Crippen molar-refractivity contribution in [2.45, 2.75) is 32.0 Å². The molecule has 1 fully saturated rings. The lowest BCUT2D eigenvalue weighted by Gasteiger charge is -2.52. The number of ether oxygens (including phenoxy) is 1. The van der Waals surface area contributed by atoms with Gasteiger partial charge in [0.2, 0.25) is 0 Å². The van der Waals surface area contributed by atoms with Crippen molar-refractivity contribution in [1.29, 1.82) is 0 Å². The summed E-state index contributed by atoms with van der Waals surface area (Å²) in [6, 6.07) is 14.1. The van der Waals surface area contributed by atoms with Gasteiger partial charge in [0.15, 0.2) is 10.8 Å². The van der Waals surface area contributed by atoms with Crippen molar-refractivity contribution in [2.75, 3.05) is 4.90 Å². The largest absolute Gasteiger partial charge is 0.467 e. The average Bonchev–Trinajstić information content (AvgIpc) is 2.49. The van der Waals surface area contributed by atoms with E-state index in [-0.39, 0.29) is 6.04 Å². The van der Waals surface area contributed by atoms with Crippen molar-refractivity contribution in [3.8, 4) is 5.75 Å². The molecular weight excluding hydrogens is 328 g/mol. The van der Waals surface area contributed by atoms with Crippen LogP contribution in [0.2, 0.25) is 5.02 Å². The Hall–Kier alpha value is -1.78. The monoisotopic (exact) mass is 344 g/mol. The molecule has 1 saturated heterocycles. The van der Waals surface area contributed by atoms with Gasteiger partial charge in [-0.05, 0) is 55.9 Å². The predicted molar refractivity (Wildman–Crippen MR) is 97.2 cm³/mol. The molecule has 0 aliphatic carbocycles. The van der Waals surface area contributed by atoms with E-state index in [0.29, 0.717) is 10.1 Å². The Morgan fingerprint density at radius 2 is 2.09 bits per heavy atom. The lowest BCUT2D eigenvalue weighted by molar-refractivity contribution is 0.0497. The van der Waals surface area contributed by atoms with E-state index in [4.69, 9.17) is 28.6 Å². The van der Waals surface area contributed by atoms with Gasteiger partial charge >= 0.3 is 0 Å². The Kier molecular flexibility index (Phi) is 3.29. The van der Waals surface area contributed by atoms with Gasteiger partial charge in [-0.3, -0.25) is 4.90 Å². The van der Waals surface area contributed by atoms with E-state index in [2.05, 4.69) is 36.2 Å². The molecule has 0 saturated carbocycles. The highest BCUT2D eigenvalue weighted by Gasteiger charge is 2.48. The number of fused-ring (bicyclic) bond motifs is 4. The number of nitrogens with one attached hydrogen (secondary N) is 1. The Balaban J connectivity index is 1.83. The molecule has 4 rings (SSSR count). The van der Waals surface area contributed by atoms with E-state index in [9.17, 15) is 0 Å². The third-order valence-corrected chi connectivity index (χ3v) is 5.13. The fourth-order valence-electron chi connectivity index (χ4n) is 3.52. The van der Waals surface area contributed by atoms with Crippen LogP contribution in [0.15, 0.2) is 42.5 Å². The molecule has 0 spiro atoms. The van der Waals surface area contributed by atoms with Gasteiger partial charge in [-0.2, -0.15) is 0 Å². The molecule has 118 valence electrons. The molecule has 2 aliphatic heterocycles. The zero-order valence-electron chi connectivity index (χ0n) is 13.0. The minimum atomic E-state index is -0.514. The van der Waals surface area contributed by atoms with Gasteiger partial charge in [0.1, 0.15) is 5.75 Å². The molecule has 2 aromatic carbocycles. The topological polar surface area (TPSA) is 24.5 Å². The maximum absolute atomic E-state index is 6.38. The van der Waals surface area contributed by atoms with E-state index in [1.165, 1.54) is 5.56 Å². The van der Waals surface area contributed by atoms with Crippen LogP contribution in [-0.4, -0.2) is 10.8 Å². The number of benzene rings is 2. The first kappa shape index (κ1) is 14.8. The maximum Gasteiger partial charge on any atom is 0.188 e. The minimum Gasteiger partial charge on any atom is -0.467 e. The second-order valence-electron chi connectivity index (χ2n) is 6.29. The number of hydrogen-bond acceptors (Lipinski definition) is 2. The summed E-state index contributed by atoms with van der Waals surface area (Å²) < 4.78 is 6.38. The van der Waals surface area contributed by atoms with E-state index in [1.807, 2.05) is 30.3 Å². The van der Waals surface area contributed by atoms with Gasteiger partial charge in [0.05, 0.1) is 6.04 Å². The molecule has 1 N–H and O–H groups in total. The predicted octanol–water partition coefficient (Wildman–Crippen LogP) is 4.58. The first-order valence-electron chi connectivity index (χ1n) is 7.63. The Morgan fingerprint density at radius 1 is 1.30 bits per heavy atom. The summed E-state index contributed by atoms with van der Waals surface area (Å²) in [6.07, 6.45) is 0.800. The molecule has 2 heterocycles. The molecule has 23 heavy (non-hydrogen) atoms. The summed E-state index contributed by atoms with van der Waals surface area (Å²) in [7, 11) is 0. The summed E-state index contributed by atoms with van der Waals surface area (Å²) in [5.41, 5.74) is 2.80. The molecule has 0 radical (unpaired) electrons. The van der Waals surface area contributed by atoms with E-state index in [0.717, 1.165) is 23.4 Å². The fraction of sp³-hybridized carbons (Fsp3) is 0.278. The number of halogens is 1. The van der Waals surface area contributed by atoms with Gasteiger partial charge in [0, 0.05) is 22.7 Å². The van der Waals surface area contributed by atoms with Gasteiger partial charge in [-0.15, -0.1) is 0 Å². The fourth-order valence-corrected chi connectivity index (χ4v) is 4.14. The summed E-state index contributed by atoms with van der Waals surface area (Å²) in [5.74, 6) is 0.863. The van der Waals surface area contributed by atoms with Gasteiger partial charge in [0.25, 0.3) is 0 Å². The summed E-state index contributed by atoms with van der Waals surface area (Å²) >= 11 is 11.8. The van der Waals surface area contributed by atoms with Crippen LogP contribution in [0.5, 0.6) is 5.75 Å². The highest BCUT2D eigenvalue weighted by atomic mass is 35.5. The van der Waals surface area contributed by atoms with E-state index in [1.54, 1.807) is 0 Å². The van der Waals surface area contributed by atoms with E-state index >= 15 is 0 Å². The second kappa shape index (κ2) is 5.11. The number of aryl methyl sites for hydroxylation is 1. The molecule has 5 heteroatoms. The Labute approximate surface area is 146 Å². The lowest BCUT2D eigenvalue weighted by Crippen LogP contribution is -2.65. The summed E-state index contributed by atoms with van der Waals surface area (Å²) in [5, 5.41) is 4.85. The second-order valence-corrected chi connectivity index (χ2v) is 7.11. The maximum atomic E-state index is 6.38. The third kappa shape index (κ3) is 2.28. The zero-order chi connectivity index (χ0) is 16.2. The van der Waals surface area contributed by atoms with Crippen molar-refractivity contribution < 1.29 is 4.74 Å². The van der Waals surface area contributed by atoms with E-state index < -0.39 is 5.72 Å². The molecule has 0 aromatic heterocycles. The third-order valence-electron chi connectivity index (χ3n) is 4.59. The lowest BCUT2D eigenvalue weighted by atomic mass is 9.90. The molecule has 2 aliphatic rings. The van der Waals surface area contributed by atoms with Crippen molar-refractivity contribution in [2.24, 2.45) is 0 Å². The van der Waals surface area contributed by atoms with Crippen LogP contribution >= 0.6 is 23.8 Å². The van der Waals surface area contributed by atoms with Crippen LogP contribution in [0.4, 0.5) is 5.69 Å². The normalized spacial score (nSPS) is 25.4. The Morgan fingerprint density at radius 3 is 2.87 bits per heavy atom. The number of thiocarbonyl (C=S) groups is 1. The van der Waals surface area contributed by atoms with Crippen LogP contribution in [0.3, 0.4) is 0 Å². The SMILES string of the molecule is Cc1ccccc1N1C(=S)NC2CC1(C)Oc1ccc(Cl)cc12. The smallest absolute Gasteiger partial charge is 0.188 e. The van der Waals surface area contributed by atoms with Gasteiger partial charge in [-0.1, -0.05) is 29.8 Å². The minimum absolute atomic E-state index is 0.121. The zero-order valence-corrected chi connectivity index (χ0v) is 14.5. The molecule has 2 atom stereocenters. The van der Waals surface area contributed by atoms with Gasteiger partial charge in [-0.25, -0.2) is 0 Å². The number of rotatable bonds is 1. The first-order chi connectivity index (χ1) is 11.0. The molecular formula is C18H17ClN2OS. The van der Waals surface area contributed by atoms with Crippen LogP contribution in [0.1, 0.15) is 30.5 Å². The molecule has 2 bridgehead atoms. The number of nitrogens with zero attached hydrogens (tertiary/aromatic N) is 1. The number of hydrogen-bond donors (Lipinski definition) is 1. The van der Waals surface area contributed by atoms with Crippen molar-refractivity contribution in [1.82, 2.24) is 5.32 Å². The quantitative estimate of drug-likeness (QED) is 0.765. The average molecular weight is 345 g/mol. The highest BCUT2D eigenvalue weighted by Crippen LogP contribution is 2.46. The van der Waals surface area contributed by atoms with Crippen LogP contribution in [-0.2, 0) is 0 Å². The number of anilines is 1. The molecule has 3 nitrogen and oxygen atoms in total. The van der Waals surface area contributed by atoms with Gasteiger partial charge < -0.3 is 10.1 Å². The number of para-hydroxylation sites is 1. The summed E-state index contributed by atoms with van der Waals surface area (Å²) in [4.78, 5) is 2.09. The van der Waals surface area contributed by atoms with Crippen LogP contribution < -0.4 is 15.0 Å². The summed E-state index contributed by atoms with van der Waals surface area (Å²) in [6.45, 7) is 4.18. The van der Waals surface area contributed by atoms with Crippen molar-refractivity contribution >= 4 is 34.6 Å². The first-order valence-corrected chi connectivity index (χ1v) is 8.41. The Bertz CT molecular complexity index is 809. The standard InChI is InChI=1S/C18H17ClN2OS/c1-11-5-3-4-6-15(11)21-17(23)20-14-10-18(21,2)22-16-8-7-12(19)9-13(14)16/h3-9,14H,10H2,1-2H3,(H,20,23). The van der Waals surface area contributed by atoms with Crippen LogP contribution in [0, 0.1) is 6.92 Å². The molecule has 2 aromatic rings. The van der Waals surface area contributed by atoms with Crippen LogP contribution in [0.25, 0.3) is 0 Å².